The number of aromatic nitrogens is 3. The number of nitrogens with zero attached hydrogens (tertiary/aromatic N) is 5. The van der Waals surface area contributed by atoms with Crippen LogP contribution in [0.1, 0.15) is 45.0 Å². The van der Waals surface area contributed by atoms with Gasteiger partial charge in [0.15, 0.2) is 0 Å². The van der Waals surface area contributed by atoms with Gasteiger partial charge in [-0.1, -0.05) is 0 Å². The summed E-state index contributed by atoms with van der Waals surface area (Å²) < 4.78 is 13.4. The van der Waals surface area contributed by atoms with Crippen LogP contribution in [0.2, 0.25) is 0 Å². The zero-order valence-electron chi connectivity index (χ0n) is 20.5. The Hall–Kier alpha value is -3.60. The molecule has 1 saturated heterocycles. The van der Waals surface area contributed by atoms with Gasteiger partial charge in [0.2, 0.25) is 5.82 Å². The lowest BCUT2D eigenvalue weighted by Gasteiger charge is -2.24. The van der Waals surface area contributed by atoms with Crippen molar-refractivity contribution in [2.24, 2.45) is 13.0 Å². The van der Waals surface area contributed by atoms with E-state index in [0.29, 0.717) is 19.1 Å². The molecular weight excluding hydrogens is 430 g/mol. The van der Waals surface area contributed by atoms with Gasteiger partial charge < -0.3 is 18.9 Å². The highest BCUT2D eigenvalue weighted by Crippen LogP contribution is 2.31. The molecule has 2 aromatic heterocycles. The van der Waals surface area contributed by atoms with Crippen LogP contribution in [0, 0.1) is 24.2 Å². The summed E-state index contributed by atoms with van der Waals surface area (Å²) in [5.74, 6) is 1.38. The molecule has 1 fully saturated rings. The smallest absolute Gasteiger partial charge is 0.410 e. The number of aryl methyl sites for hydroxylation is 2. The number of benzene rings is 1. The minimum atomic E-state index is -0.476. The van der Waals surface area contributed by atoms with Gasteiger partial charge in [0, 0.05) is 37.3 Å². The van der Waals surface area contributed by atoms with E-state index in [4.69, 9.17) is 9.47 Å². The third kappa shape index (κ3) is 5.14. The maximum Gasteiger partial charge on any atom is 0.410 e. The van der Waals surface area contributed by atoms with Gasteiger partial charge in [-0.05, 0) is 76.3 Å². The minimum Gasteiger partial charge on any atom is -0.493 e. The molecule has 3 heterocycles. The van der Waals surface area contributed by atoms with Gasteiger partial charge in [0.05, 0.1) is 12.3 Å². The Labute approximate surface area is 200 Å². The van der Waals surface area contributed by atoms with Crippen molar-refractivity contribution in [3.05, 3.63) is 41.9 Å². The minimum absolute atomic E-state index is 0.152. The molecule has 8 nitrogen and oxygen atoms in total. The number of hydrogen-bond donors (Lipinski definition) is 0. The van der Waals surface area contributed by atoms with Gasteiger partial charge in [0.1, 0.15) is 23.1 Å². The van der Waals surface area contributed by atoms with Crippen LogP contribution in [0.25, 0.3) is 22.3 Å². The van der Waals surface area contributed by atoms with Crippen LogP contribution in [-0.4, -0.2) is 50.8 Å². The quantitative estimate of drug-likeness (QED) is 0.540. The molecule has 0 radical (unpaired) electrons. The lowest BCUT2D eigenvalue weighted by atomic mass is 10.0. The SMILES string of the molecule is Cc1cc(-c2nc(C#N)nc3c2ccn3C)ccc1OCCC1CCN(C(=O)OC(C)(C)C)C1. The Balaban J connectivity index is 1.39. The number of carbonyl (C=O) groups is 1. The Kier molecular flexibility index (Phi) is 6.47. The van der Waals surface area contributed by atoms with Crippen LogP contribution >= 0.6 is 0 Å². The first-order chi connectivity index (χ1) is 16.1. The third-order valence-electron chi connectivity index (χ3n) is 5.99. The summed E-state index contributed by atoms with van der Waals surface area (Å²) in [7, 11) is 1.90. The summed E-state index contributed by atoms with van der Waals surface area (Å²) >= 11 is 0. The van der Waals surface area contributed by atoms with E-state index in [0.717, 1.165) is 53.0 Å². The van der Waals surface area contributed by atoms with Crippen LogP contribution in [0.3, 0.4) is 0 Å². The maximum absolute atomic E-state index is 12.3. The van der Waals surface area contributed by atoms with Crippen molar-refractivity contribution in [1.82, 2.24) is 19.4 Å². The fourth-order valence-electron chi connectivity index (χ4n) is 4.26. The van der Waals surface area contributed by atoms with Crippen LogP contribution in [0.4, 0.5) is 4.79 Å². The molecule has 0 bridgehead atoms. The molecule has 1 aliphatic rings. The normalized spacial score (nSPS) is 16.0. The highest BCUT2D eigenvalue weighted by atomic mass is 16.6. The summed E-state index contributed by atoms with van der Waals surface area (Å²) in [6, 6.07) is 9.98. The lowest BCUT2D eigenvalue weighted by Crippen LogP contribution is -2.35. The zero-order valence-corrected chi connectivity index (χ0v) is 20.5. The van der Waals surface area contributed by atoms with Gasteiger partial charge in [-0.2, -0.15) is 5.26 Å². The number of rotatable bonds is 5. The lowest BCUT2D eigenvalue weighted by molar-refractivity contribution is 0.0286. The standard InChI is InChI=1S/C26H31N5O3/c1-17-14-19(23-20-9-11-30(5)24(20)29-22(15-27)28-23)6-7-21(17)33-13-10-18-8-12-31(16-18)25(32)34-26(2,3)4/h6-7,9,11,14,18H,8,10,12-13,16H2,1-5H3. The predicted octanol–water partition coefficient (Wildman–Crippen LogP) is 4.84. The highest BCUT2D eigenvalue weighted by Gasteiger charge is 2.29. The van der Waals surface area contributed by atoms with Crippen LogP contribution in [0.15, 0.2) is 30.5 Å². The van der Waals surface area contributed by atoms with Crippen molar-refractivity contribution >= 4 is 17.1 Å². The van der Waals surface area contributed by atoms with Gasteiger partial charge in [0.25, 0.3) is 0 Å². The fourth-order valence-corrected chi connectivity index (χ4v) is 4.26. The number of ether oxygens (including phenoxy) is 2. The van der Waals surface area contributed by atoms with Crippen LogP contribution in [-0.2, 0) is 11.8 Å². The Morgan fingerprint density at radius 2 is 2.06 bits per heavy atom. The molecule has 1 unspecified atom stereocenters. The van der Waals surface area contributed by atoms with Crippen molar-refractivity contribution in [3.63, 3.8) is 0 Å². The van der Waals surface area contributed by atoms with Gasteiger partial charge in [-0.25, -0.2) is 14.8 Å². The molecule has 34 heavy (non-hydrogen) atoms. The Morgan fingerprint density at radius 1 is 1.26 bits per heavy atom. The Morgan fingerprint density at radius 3 is 2.76 bits per heavy atom. The van der Waals surface area contributed by atoms with E-state index in [1.165, 1.54) is 0 Å². The van der Waals surface area contributed by atoms with Crippen molar-refractivity contribution in [2.45, 2.75) is 46.1 Å². The molecule has 1 aliphatic heterocycles. The van der Waals surface area contributed by atoms with E-state index >= 15 is 0 Å². The van der Waals surface area contributed by atoms with E-state index in [-0.39, 0.29) is 11.9 Å². The molecule has 1 amide bonds. The second-order valence-corrected chi connectivity index (χ2v) is 9.87. The van der Waals surface area contributed by atoms with E-state index in [1.807, 2.05) is 69.8 Å². The van der Waals surface area contributed by atoms with Crippen molar-refractivity contribution < 1.29 is 14.3 Å². The van der Waals surface area contributed by atoms with E-state index in [9.17, 15) is 10.1 Å². The second kappa shape index (κ2) is 9.34. The molecule has 178 valence electrons. The molecule has 4 rings (SSSR count). The number of likely N-dealkylation sites (tertiary alicyclic amines) is 1. The molecule has 8 heteroatoms. The molecule has 1 aromatic carbocycles. The molecule has 0 spiro atoms. The topological polar surface area (TPSA) is 93.3 Å². The first-order valence-corrected chi connectivity index (χ1v) is 11.6. The van der Waals surface area contributed by atoms with E-state index in [1.54, 1.807) is 4.90 Å². The number of carbonyl (C=O) groups excluding carboxylic acids is 1. The summed E-state index contributed by atoms with van der Waals surface area (Å²) in [6.45, 7) is 9.68. The molecular formula is C26H31N5O3. The predicted molar refractivity (Wildman–Crippen MR) is 129 cm³/mol. The number of hydrogen-bond acceptors (Lipinski definition) is 6. The molecule has 1 atom stereocenters. The summed E-state index contributed by atoms with van der Waals surface area (Å²) in [5, 5.41) is 10.3. The Bertz CT molecular complexity index is 1250. The average Bonchev–Trinajstić information content (AvgIpc) is 3.40. The van der Waals surface area contributed by atoms with Crippen molar-refractivity contribution in [1.29, 1.82) is 5.26 Å². The molecule has 0 aliphatic carbocycles. The first-order valence-electron chi connectivity index (χ1n) is 11.6. The summed E-state index contributed by atoms with van der Waals surface area (Å²) in [4.78, 5) is 22.8. The maximum atomic E-state index is 12.3. The average molecular weight is 462 g/mol. The van der Waals surface area contributed by atoms with Gasteiger partial charge in [-0.15, -0.1) is 0 Å². The summed E-state index contributed by atoms with van der Waals surface area (Å²) in [6.07, 6.45) is 3.52. The largest absolute Gasteiger partial charge is 0.493 e. The number of nitriles is 1. The monoisotopic (exact) mass is 461 g/mol. The molecule has 3 aromatic rings. The third-order valence-corrected chi connectivity index (χ3v) is 5.99. The fraction of sp³-hybridized carbons (Fsp3) is 0.462. The van der Waals surface area contributed by atoms with Gasteiger partial charge in [-0.3, -0.25) is 0 Å². The summed E-state index contributed by atoms with van der Waals surface area (Å²) in [5.41, 5.74) is 2.92. The van der Waals surface area contributed by atoms with E-state index in [2.05, 4.69) is 16.0 Å². The molecule has 0 N–H and O–H groups in total. The van der Waals surface area contributed by atoms with Crippen LogP contribution in [0.5, 0.6) is 5.75 Å². The van der Waals surface area contributed by atoms with E-state index < -0.39 is 5.60 Å². The first kappa shape index (κ1) is 23.6. The van der Waals surface area contributed by atoms with Gasteiger partial charge >= 0.3 is 6.09 Å². The highest BCUT2D eigenvalue weighted by molar-refractivity contribution is 5.91. The van der Waals surface area contributed by atoms with Crippen molar-refractivity contribution in [3.8, 4) is 23.1 Å². The van der Waals surface area contributed by atoms with Crippen molar-refractivity contribution in [2.75, 3.05) is 19.7 Å². The zero-order chi connectivity index (χ0) is 24.5. The number of amides is 1. The van der Waals surface area contributed by atoms with Crippen LogP contribution < -0.4 is 4.74 Å². The number of fused-ring (bicyclic) bond motifs is 1. The molecule has 0 saturated carbocycles. The second-order valence-electron chi connectivity index (χ2n) is 9.87.